The maximum Gasteiger partial charge on any atom is 0.0655 e. The molecule has 1 aliphatic carbocycles. The average Bonchev–Trinajstić information content (AvgIpc) is 2.56. The van der Waals surface area contributed by atoms with Crippen molar-refractivity contribution in [2.24, 2.45) is 5.92 Å². The number of hydrogen-bond acceptors (Lipinski definition) is 2. The Kier molecular flexibility index (Phi) is 3.37. The summed E-state index contributed by atoms with van der Waals surface area (Å²) in [5.41, 5.74) is -0.429. The number of thioether (sulfide) groups is 1. The first-order chi connectivity index (χ1) is 7.18. The van der Waals surface area contributed by atoms with Gasteiger partial charge in [0.2, 0.25) is 0 Å². The molecule has 0 unspecified atom stereocenters. The molecule has 0 spiro atoms. The maximum atomic E-state index is 10.1. The van der Waals surface area contributed by atoms with Crippen molar-refractivity contribution in [3.8, 4) is 0 Å². The molecule has 0 aliphatic heterocycles. The predicted octanol–water partition coefficient (Wildman–Crippen LogP) is 3.33. The van der Waals surface area contributed by atoms with E-state index in [9.17, 15) is 5.11 Å². The third-order valence-electron chi connectivity index (χ3n) is 3.31. The first-order valence-electron chi connectivity index (χ1n) is 5.59. The maximum absolute atomic E-state index is 10.1. The molecule has 82 valence electrons. The predicted molar refractivity (Wildman–Crippen MR) is 65.1 cm³/mol. The van der Waals surface area contributed by atoms with Crippen LogP contribution < -0.4 is 0 Å². The first-order valence-corrected chi connectivity index (χ1v) is 6.57. The normalized spacial score (nSPS) is 30.7. The summed E-state index contributed by atoms with van der Waals surface area (Å²) in [4.78, 5) is 1.31. The van der Waals surface area contributed by atoms with Crippen LogP contribution in [0.15, 0.2) is 35.2 Å². The van der Waals surface area contributed by atoms with Gasteiger partial charge in [-0.15, -0.1) is 11.8 Å². The third-order valence-corrected chi connectivity index (χ3v) is 4.48. The lowest BCUT2D eigenvalue weighted by molar-refractivity contribution is 0.0303. The van der Waals surface area contributed by atoms with E-state index in [1.807, 2.05) is 24.8 Å². The van der Waals surface area contributed by atoms with Crippen LogP contribution in [-0.2, 0) is 0 Å². The van der Waals surface area contributed by atoms with Crippen molar-refractivity contribution in [3.05, 3.63) is 30.3 Å². The van der Waals surface area contributed by atoms with E-state index >= 15 is 0 Å². The monoisotopic (exact) mass is 222 g/mol. The van der Waals surface area contributed by atoms with Gasteiger partial charge in [-0.1, -0.05) is 24.6 Å². The smallest absolute Gasteiger partial charge is 0.0655 e. The van der Waals surface area contributed by atoms with Gasteiger partial charge in [-0.2, -0.15) is 0 Å². The Bertz CT molecular complexity index is 308. The zero-order chi connectivity index (χ0) is 10.7. The average molecular weight is 222 g/mol. The van der Waals surface area contributed by atoms with E-state index in [0.717, 1.165) is 12.2 Å². The van der Waals surface area contributed by atoms with Gasteiger partial charge in [0.15, 0.2) is 0 Å². The van der Waals surface area contributed by atoms with Gasteiger partial charge in [0.05, 0.1) is 5.60 Å². The fourth-order valence-electron chi connectivity index (χ4n) is 2.20. The molecule has 0 aromatic heterocycles. The van der Waals surface area contributed by atoms with E-state index < -0.39 is 5.60 Å². The molecule has 1 nitrogen and oxygen atoms in total. The summed E-state index contributed by atoms with van der Waals surface area (Å²) in [6.07, 6.45) is 3.31. The van der Waals surface area contributed by atoms with E-state index in [1.165, 1.54) is 17.7 Å². The third kappa shape index (κ3) is 2.76. The highest BCUT2D eigenvalue weighted by Gasteiger charge is 2.36. The second-order valence-corrected chi connectivity index (χ2v) is 5.66. The zero-order valence-electron chi connectivity index (χ0n) is 9.15. The van der Waals surface area contributed by atoms with Gasteiger partial charge < -0.3 is 5.11 Å². The molecule has 1 saturated carbocycles. The number of aliphatic hydroxyl groups is 1. The largest absolute Gasteiger partial charge is 0.390 e. The molecule has 2 atom stereocenters. The highest BCUT2D eigenvalue weighted by atomic mass is 32.2. The van der Waals surface area contributed by atoms with Crippen molar-refractivity contribution in [1.82, 2.24) is 0 Å². The van der Waals surface area contributed by atoms with Crippen LogP contribution in [0.25, 0.3) is 0 Å². The molecule has 1 fully saturated rings. The summed E-state index contributed by atoms with van der Waals surface area (Å²) in [5.74, 6) is 1.50. The summed E-state index contributed by atoms with van der Waals surface area (Å²) in [7, 11) is 0. The molecule has 0 heterocycles. The van der Waals surface area contributed by atoms with Gasteiger partial charge in [0.25, 0.3) is 0 Å². The molecule has 2 heteroatoms. The molecule has 1 N–H and O–H groups in total. The van der Waals surface area contributed by atoms with Crippen LogP contribution in [0.5, 0.6) is 0 Å². The van der Waals surface area contributed by atoms with Gasteiger partial charge in [0.1, 0.15) is 0 Å². The Morgan fingerprint density at radius 3 is 2.73 bits per heavy atom. The molecule has 0 bridgehead atoms. The minimum atomic E-state index is -0.429. The Hall–Kier alpha value is -0.470. The fraction of sp³-hybridized carbons (Fsp3) is 0.538. The Balaban J connectivity index is 1.89. The van der Waals surface area contributed by atoms with Crippen molar-refractivity contribution in [1.29, 1.82) is 0 Å². The highest BCUT2D eigenvalue weighted by molar-refractivity contribution is 7.99. The molecule has 2 rings (SSSR count). The lowest BCUT2D eigenvalue weighted by atomic mass is 9.95. The van der Waals surface area contributed by atoms with Crippen LogP contribution >= 0.6 is 11.8 Å². The highest BCUT2D eigenvalue weighted by Crippen LogP contribution is 2.38. The molecule has 15 heavy (non-hydrogen) atoms. The fourth-order valence-corrected chi connectivity index (χ4v) is 3.47. The minimum absolute atomic E-state index is 0.429. The van der Waals surface area contributed by atoms with Crippen molar-refractivity contribution < 1.29 is 5.11 Å². The topological polar surface area (TPSA) is 20.2 Å². The standard InChI is InChI=1S/C13H18OS/c1-13(14)9-5-6-11(13)10-15-12-7-3-2-4-8-12/h2-4,7-8,11,14H,5-6,9-10H2,1H3/t11-,13+/m0/s1. The van der Waals surface area contributed by atoms with Gasteiger partial charge in [-0.3, -0.25) is 0 Å². The van der Waals surface area contributed by atoms with Gasteiger partial charge in [0, 0.05) is 10.6 Å². The Labute approximate surface area is 95.9 Å². The molecule has 1 aliphatic rings. The molecular weight excluding hydrogens is 204 g/mol. The SMILES string of the molecule is C[C@@]1(O)CCC[C@H]1CSc1ccccc1. The number of rotatable bonds is 3. The van der Waals surface area contributed by atoms with E-state index in [4.69, 9.17) is 0 Å². The van der Waals surface area contributed by atoms with Crippen molar-refractivity contribution in [2.45, 2.75) is 36.7 Å². The molecule has 0 amide bonds. The summed E-state index contributed by atoms with van der Waals surface area (Å²) in [6, 6.07) is 10.4. The van der Waals surface area contributed by atoms with E-state index in [1.54, 1.807) is 0 Å². The molecule has 1 aromatic carbocycles. The summed E-state index contributed by atoms with van der Waals surface area (Å²) < 4.78 is 0. The van der Waals surface area contributed by atoms with Crippen LogP contribution in [0.3, 0.4) is 0 Å². The Morgan fingerprint density at radius 1 is 1.40 bits per heavy atom. The molecule has 1 aromatic rings. The lowest BCUT2D eigenvalue weighted by Gasteiger charge is -2.25. The second-order valence-electron chi connectivity index (χ2n) is 4.57. The number of benzene rings is 1. The quantitative estimate of drug-likeness (QED) is 0.792. The van der Waals surface area contributed by atoms with Crippen LogP contribution in [0.2, 0.25) is 0 Å². The Morgan fingerprint density at radius 2 is 2.13 bits per heavy atom. The first kappa shape index (κ1) is 11.0. The van der Waals surface area contributed by atoms with Crippen LogP contribution in [0.4, 0.5) is 0 Å². The van der Waals surface area contributed by atoms with Crippen LogP contribution in [0.1, 0.15) is 26.2 Å². The van der Waals surface area contributed by atoms with Gasteiger partial charge in [-0.05, 0) is 37.8 Å². The second kappa shape index (κ2) is 4.58. The van der Waals surface area contributed by atoms with Gasteiger partial charge in [-0.25, -0.2) is 0 Å². The van der Waals surface area contributed by atoms with Crippen molar-refractivity contribution >= 4 is 11.8 Å². The molecule has 0 saturated heterocycles. The van der Waals surface area contributed by atoms with E-state index in [0.29, 0.717) is 5.92 Å². The summed E-state index contributed by atoms with van der Waals surface area (Å²) in [5, 5.41) is 10.1. The minimum Gasteiger partial charge on any atom is -0.390 e. The molecular formula is C13H18OS. The van der Waals surface area contributed by atoms with Gasteiger partial charge >= 0.3 is 0 Å². The molecule has 0 radical (unpaired) electrons. The van der Waals surface area contributed by atoms with E-state index in [-0.39, 0.29) is 0 Å². The zero-order valence-corrected chi connectivity index (χ0v) is 9.96. The lowest BCUT2D eigenvalue weighted by Crippen LogP contribution is -2.30. The van der Waals surface area contributed by atoms with Crippen molar-refractivity contribution in [3.63, 3.8) is 0 Å². The summed E-state index contributed by atoms with van der Waals surface area (Å²) in [6.45, 7) is 1.98. The number of hydrogen-bond donors (Lipinski definition) is 1. The van der Waals surface area contributed by atoms with Crippen LogP contribution in [-0.4, -0.2) is 16.5 Å². The summed E-state index contributed by atoms with van der Waals surface area (Å²) >= 11 is 1.86. The van der Waals surface area contributed by atoms with Crippen LogP contribution in [0, 0.1) is 5.92 Å². The van der Waals surface area contributed by atoms with Crippen molar-refractivity contribution in [2.75, 3.05) is 5.75 Å². The van der Waals surface area contributed by atoms with E-state index in [2.05, 4.69) is 24.3 Å².